The van der Waals surface area contributed by atoms with Crippen LogP contribution in [0.3, 0.4) is 0 Å². The maximum Gasteiger partial charge on any atom is 0.410 e. The van der Waals surface area contributed by atoms with Crippen LogP contribution < -0.4 is 15.2 Å². The van der Waals surface area contributed by atoms with Crippen LogP contribution in [0.4, 0.5) is 10.5 Å². The van der Waals surface area contributed by atoms with E-state index in [0.717, 1.165) is 22.5 Å². The Balaban J connectivity index is 1.66. The quantitative estimate of drug-likeness (QED) is 0.850. The molecular formula is C16H22BrN3O3. The van der Waals surface area contributed by atoms with Crippen LogP contribution in [0.5, 0.6) is 5.75 Å². The van der Waals surface area contributed by atoms with Crippen molar-refractivity contribution in [1.29, 1.82) is 0 Å². The molecule has 2 aliphatic rings. The number of hydrogen-bond donors (Lipinski definition) is 1. The van der Waals surface area contributed by atoms with Crippen molar-refractivity contribution in [3.05, 3.63) is 22.2 Å². The van der Waals surface area contributed by atoms with E-state index in [0.29, 0.717) is 13.1 Å². The van der Waals surface area contributed by atoms with Gasteiger partial charge in [0, 0.05) is 25.7 Å². The molecule has 23 heavy (non-hydrogen) atoms. The molecule has 1 saturated heterocycles. The Morgan fingerprint density at radius 2 is 2.04 bits per heavy atom. The summed E-state index contributed by atoms with van der Waals surface area (Å²) in [6.45, 7) is 7.72. The van der Waals surface area contributed by atoms with Gasteiger partial charge < -0.3 is 19.4 Å². The minimum absolute atomic E-state index is 0.245. The van der Waals surface area contributed by atoms with Gasteiger partial charge in [0.2, 0.25) is 0 Å². The van der Waals surface area contributed by atoms with Crippen molar-refractivity contribution < 1.29 is 14.3 Å². The Hall–Kier alpha value is -1.47. The molecule has 0 saturated carbocycles. The van der Waals surface area contributed by atoms with Crippen LogP contribution in [-0.2, 0) is 11.3 Å². The fourth-order valence-corrected chi connectivity index (χ4v) is 3.33. The Bertz CT molecular complexity index is 624. The highest BCUT2D eigenvalue weighted by molar-refractivity contribution is 9.10. The third-order valence-corrected chi connectivity index (χ3v) is 4.55. The maximum absolute atomic E-state index is 12.0. The van der Waals surface area contributed by atoms with E-state index in [1.54, 1.807) is 12.0 Å². The van der Waals surface area contributed by atoms with E-state index in [9.17, 15) is 4.79 Å². The normalized spacial score (nSPS) is 17.8. The highest BCUT2D eigenvalue weighted by Gasteiger charge is 2.39. The summed E-state index contributed by atoms with van der Waals surface area (Å²) < 4.78 is 11.7. The topological polar surface area (TPSA) is 54.0 Å². The van der Waals surface area contributed by atoms with Gasteiger partial charge in [-0.05, 0) is 48.3 Å². The summed E-state index contributed by atoms with van der Waals surface area (Å²) >= 11 is 3.51. The number of carbonyl (C=O) groups is 1. The molecule has 0 unspecified atom stereocenters. The number of rotatable bonds is 2. The molecule has 1 fully saturated rings. The fraction of sp³-hybridized carbons (Fsp3) is 0.562. The van der Waals surface area contributed by atoms with Gasteiger partial charge >= 0.3 is 6.09 Å². The van der Waals surface area contributed by atoms with E-state index in [2.05, 4.69) is 32.4 Å². The van der Waals surface area contributed by atoms with Gasteiger partial charge in [-0.25, -0.2) is 10.2 Å². The van der Waals surface area contributed by atoms with Crippen LogP contribution in [0, 0.1) is 0 Å². The molecule has 1 aromatic rings. The van der Waals surface area contributed by atoms with Gasteiger partial charge in [-0.1, -0.05) is 0 Å². The van der Waals surface area contributed by atoms with Crippen molar-refractivity contribution in [3.63, 3.8) is 0 Å². The summed E-state index contributed by atoms with van der Waals surface area (Å²) in [5.74, 6) is 0.806. The van der Waals surface area contributed by atoms with Crippen molar-refractivity contribution in [2.45, 2.75) is 39.0 Å². The lowest BCUT2D eigenvalue weighted by atomic mass is 10.1. The summed E-state index contributed by atoms with van der Waals surface area (Å²) in [6.07, 6.45) is -0.249. The van der Waals surface area contributed by atoms with Crippen LogP contribution in [0.2, 0.25) is 0 Å². The number of likely N-dealkylation sites (tertiary alicyclic amines) is 1. The van der Waals surface area contributed by atoms with Crippen molar-refractivity contribution in [2.24, 2.45) is 0 Å². The van der Waals surface area contributed by atoms with E-state index in [4.69, 9.17) is 9.47 Å². The molecule has 0 aliphatic carbocycles. The number of hydrogen-bond acceptors (Lipinski definition) is 5. The summed E-state index contributed by atoms with van der Waals surface area (Å²) in [7, 11) is 1.66. The van der Waals surface area contributed by atoms with Crippen LogP contribution in [-0.4, -0.2) is 42.8 Å². The van der Waals surface area contributed by atoms with Gasteiger partial charge in [0.15, 0.2) is 0 Å². The number of nitrogens with one attached hydrogen (secondary N) is 1. The predicted molar refractivity (Wildman–Crippen MR) is 91.6 cm³/mol. The zero-order valence-electron chi connectivity index (χ0n) is 13.9. The first-order valence-electron chi connectivity index (χ1n) is 7.65. The first-order valence-corrected chi connectivity index (χ1v) is 8.45. The second kappa shape index (κ2) is 5.87. The molecule has 126 valence electrons. The number of hydrazine groups is 1. The molecule has 1 N–H and O–H groups in total. The Morgan fingerprint density at radius 1 is 1.35 bits per heavy atom. The number of benzene rings is 1. The molecule has 0 radical (unpaired) electrons. The molecule has 0 bridgehead atoms. The molecule has 0 spiro atoms. The van der Waals surface area contributed by atoms with Gasteiger partial charge in [-0.3, -0.25) is 0 Å². The van der Waals surface area contributed by atoms with Crippen molar-refractivity contribution in [2.75, 3.05) is 25.2 Å². The molecule has 1 aromatic carbocycles. The van der Waals surface area contributed by atoms with Gasteiger partial charge in [0.1, 0.15) is 11.4 Å². The Kier molecular flexibility index (Phi) is 4.18. The lowest BCUT2D eigenvalue weighted by Crippen LogP contribution is -2.63. The van der Waals surface area contributed by atoms with Crippen LogP contribution >= 0.6 is 15.9 Å². The molecule has 7 heteroatoms. The second-order valence-corrected chi connectivity index (χ2v) is 7.71. The van der Waals surface area contributed by atoms with E-state index in [1.807, 2.05) is 26.8 Å². The number of carbonyl (C=O) groups excluding carboxylic acids is 1. The third kappa shape index (κ3) is 3.26. The van der Waals surface area contributed by atoms with Gasteiger partial charge in [0.25, 0.3) is 0 Å². The average Bonchev–Trinajstić information content (AvgIpc) is 2.76. The maximum atomic E-state index is 12.0. The van der Waals surface area contributed by atoms with Gasteiger partial charge in [-0.2, -0.15) is 0 Å². The third-order valence-electron chi connectivity index (χ3n) is 3.93. The van der Waals surface area contributed by atoms with E-state index in [-0.39, 0.29) is 12.1 Å². The number of halogens is 1. The van der Waals surface area contributed by atoms with Crippen molar-refractivity contribution >= 4 is 27.7 Å². The average molecular weight is 384 g/mol. The van der Waals surface area contributed by atoms with Gasteiger partial charge in [0.05, 0.1) is 23.3 Å². The van der Waals surface area contributed by atoms with Crippen LogP contribution in [0.15, 0.2) is 16.6 Å². The number of anilines is 1. The summed E-state index contributed by atoms with van der Waals surface area (Å²) in [6, 6.07) is 4.34. The summed E-state index contributed by atoms with van der Waals surface area (Å²) in [4.78, 5) is 13.8. The van der Waals surface area contributed by atoms with E-state index < -0.39 is 5.60 Å². The number of amides is 1. The first-order chi connectivity index (χ1) is 10.8. The monoisotopic (exact) mass is 383 g/mol. The SMILES string of the molecule is COc1cc2c(cc1Br)CNN2C1CN(C(=O)OC(C)(C)C)C1. The number of ether oxygens (including phenoxy) is 2. The molecule has 0 atom stereocenters. The Labute approximate surface area is 144 Å². The highest BCUT2D eigenvalue weighted by Crippen LogP contribution is 2.37. The lowest BCUT2D eigenvalue weighted by molar-refractivity contribution is 0.00747. The summed E-state index contributed by atoms with van der Waals surface area (Å²) in [5, 5.41) is 2.13. The fourth-order valence-electron chi connectivity index (χ4n) is 2.78. The van der Waals surface area contributed by atoms with Crippen molar-refractivity contribution in [3.8, 4) is 5.75 Å². The minimum atomic E-state index is -0.458. The molecule has 3 rings (SSSR count). The lowest BCUT2D eigenvalue weighted by Gasteiger charge is -2.44. The number of nitrogens with zero attached hydrogens (tertiary/aromatic N) is 2. The molecular weight excluding hydrogens is 362 g/mol. The number of methoxy groups -OCH3 is 1. The van der Waals surface area contributed by atoms with Gasteiger partial charge in [-0.15, -0.1) is 0 Å². The summed E-state index contributed by atoms with van der Waals surface area (Å²) in [5.41, 5.74) is 5.26. The Morgan fingerprint density at radius 3 is 2.65 bits per heavy atom. The second-order valence-electron chi connectivity index (χ2n) is 6.86. The first kappa shape index (κ1) is 16.4. The van der Waals surface area contributed by atoms with E-state index >= 15 is 0 Å². The highest BCUT2D eigenvalue weighted by atomic mass is 79.9. The van der Waals surface area contributed by atoms with E-state index in [1.165, 1.54) is 5.56 Å². The largest absolute Gasteiger partial charge is 0.495 e. The smallest absolute Gasteiger partial charge is 0.410 e. The van der Waals surface area contributed by atoms with Crippen LogP contribution in [0.1, 0.15) is 26.3 Å². The molecule has 1 amide bonds. The molecule has 6 nitrogen and oxygen atoms in total. The van der Waals surface area contributed by atoms with Crippen molar-refractivity contribution in [1.82, 2.24) is 10.3 Å². The zero-order valence-corrected chi connectivity index (χ0v) is 15.4. The number of fused-ring (bicyclic) bond motifs is 1. The molecule has 2 heterocycles. The molecule has 0 aromatic heterocycles. The standard InChI is InChI=1S/C16H22BrN3O3/c1-16(2,3)23-15(21)19-8-11(9-19)20-13-6-14(22-4)12(17)5-10(13)7-18-20/h5-6,11,18H,7-9H2,1-4H3. The predicted octanol–water partition coefficient (Wildman–Crippen LogP) is 2.90. The van der Waals surface area contributed by atoms with Crippen LogP contribution in [0.25, 0.3) is 0 Å². The zero-order chi connectivity index (χ0) is 16.8. The molecule has 2 aliphatic heterocycles. The minimum Gasteiger partial charge on any atom is -0.495 e.